The van der Waals surface area contributed by atoms with Crippen LogP contribution in [0, 0.1) is 5.41 Å². The smallest absolute Gasteiger partial charge is 0.222 e. The van der Waals surface area contributed by atoms with Crippen molar-refractivity contribution in [2.24, 2.45) is 5.73 Å². The molecule has 79 valence electrons. The first-order valence-electron chi connectivity index (χ1n) is 4.29. The fourth-order valence-electron chi connectivity index (χ4n) is 0.935. The zero-order valence-electron chi connectivity index (χ0n) is 8.09. The summed E-state index contributed by atoms with van der Waals surface area (Å²) in [4.78, 5) is 20.9. The first kappa shape index (κ1) is 12.4. The van der Waals surface area contributed by atoms with Crippen molar-refractivity contribution in [1.29, 1.82) is 5.41 Å². The minimum Gasteiger partial charge on any atom is -0.370 e. The fraction of sp³-hybridized carbons (Fsp3) is 0.625. The van der Waals surface area contributed by atoms with Crippen LogP contribution < -0.4 is 16.4 Å². The summed E-state index contributed by atoms with van der Waals surface area (Å²) < 4.78 is 0. The minimum absolute atomic E-state index is 0.101. The Hall–Kier alpha value is -1.59. The molecule has 0 aliphatic heterocycles. The molecule has 1 radical (unpaired) electrons. The van der Waals surface area contributed by atoms with Crippen molar-refractivity contribution in [1.82, 2.24) is 10.6 Å². The zero-order valence-corrected chi connectivity index (χ0v) is 8.09. The minimum atomic E-state index is -0.568. The van der Waals surface area contributed by atoms with Gasteiger partial charge in [0.05, 0.1) is 6.04 Å². The number of nitrogens with one attached hydrogen (secondary N) is 3. The lowest BCUT2D eigenvalue weighted by Gasteiger charge is -2.10. The number of carbonyl (C=O) groups excluding carboxylic acids is 2. The molecule has 0 aliphatic carbocycles. The van der Waals surface area contributed by atoms with Gasteiger partial charge in [0.15, 0.2) is 5.96 Å². The second-order valence-electron chi connectivity index (χ2n) is 2.85. The third kappa shape index (κ3) is 7.08. The van der Waals surface area contributed by atoms with Gasteiger partial charge in [0.25, 0.3) is 0 Å². The monoisotopic (exact) mass is 199 g/mol. The molecule has 0 heterocycles. The van der Waals surface area contributed by atoms with Gasteiger partial charge >= 0.3 is 0 Å². The van der Waals surface area contributed by atoms with E-state index in [0.29, 0.717) is 19.4 Å². The van der Waals surface area contributed by atoms with Gasteiger partial charge in [-0.25, -0.2) is 0 Å². The van der Waals surface area contributed by atoms with E-state index in [4.69, 9.17) is 11.1 Å². The van der Waals surface area contributed by atoms with E-state index in [1.807, 2.05) is 0 Å². The molecule has 0 saturated carbocycles. The maximum atomic E-state index is 10.6. The maximum Gasteiger partial charge on any atom is 0.222 e. The highest BCUT2D eigenvalue weighted by molar-refractivity contribution is 5.77. The molecule has 6 nitrogen and oxygen atoms in total. The molecule has 1 atom stereocenters. The number of amides is 1. The molecule has 1 amide bonds. The SMILES string of the molecule is CC(=O)NC([C]=O)CCCNC(=N)N. The standard InChI is InChI=1S/C8H15N4O2/c1-6(14)12-7(5-13)3-2-4-11-8(9)10/h7H,2-4H2,1H3,(H,12,14)(H4,9,10,11). The van der Waals surface area contributed by atoms with Crippen LogP contribution in [-0.2, 0) is 9.59 Å². The molecule has 0 aromatic heterocycles. The predicted octanol–water partition coefficient (Wildman–Crippen LogP) is -1.14. The lowest BCUT2D eigenvalue weighted by atomic mass is 10.2. The summed E-state index contributed by atoms with van der Waals surface area (Å²) in [6, 6.07) is -0.568. The summed E-state index contributed by atoms with van der Waals surface area (Å²) in [6.45, 7) is 1.85. The molecule has 0 rings (SSSR count). The van der Waals surface area contributed by atoms with Crippen molar-refractivity contribution in [2.45, 2.75) is 25.8 Å². The zero-order chi connectivity index (χ0) is 11.0. The summed E-state index contributed by atoms with van der Waals surface area (Å²) in [5.74, 6) is -0.353. The number of guanidine groups is 1. The molecule has 0 bridgehead atoms. The molecule has 1 unspecified atom stereocenters. The Morgan fingerprint density at radius 2 is 2.29 bits per heavy atom. The van der Waals surface area contributed by atoms with Gasteiger partial charge in [-0.15, -0.1) is 0 Å². The lowest BCUT2D eigenvalue weighted by molar-refractivity contribution is -0.119. The molecule has 0 fully saturated rings. The highest BCUT2D eigenvalue weighted by atomic mass is 16.2. The molecule has 5 N–H and O–H groups in total. The van der Waals surface area contributed by atoms with Crippen LogP contribution in [0.4, 0.5) is 0 Å². The van der Waals surface area contributed by atoms with Crippen LogP contribution in [0.15, 0.2) is 0 Å². The Morgan fingerprint density at radius 3 is 2.71 bits per heavy atom. The van der Waals surface area contributed by atoms with E-state index >= 15 is 0 Å². The van der Waals surface area contributed by atoms with Gasteiger partial charge in [-0.1, -0.05) is 0 Å². The number of hydrogen-bond acceptors (Lipinski definition) is 3. The quantitative estimate of drug-likeness (QED) is 0.246. The first-order valence-corrected chi connectivity index (χ1v) is 4.29. The summed E-state index contributed by atoms with van der Waals surface area (Å²) in [6.07, 6.45) is 2.85. The molecule has 0 spiro atoms. The van der Waals surface area contributed by atoms with Gasteiger partial charge in [-0.3, -0.25) is 15.0 Å². The van der Waals surface area contributed by atoms with E-state index in [1.165, 1.54) is 6.92 Å². The average molecular weight is 199 g/mol. The average Bonchev–Trinajstić information content (AvgIpc) is 2.09. The maximum absolute atomic E-state index is 10.6. The Kier molecular flexibility index (Phi) is 6.09. The molecule has 0 saturated heterocycles. The van der Waals surface area contributed by atoms with Crippen molar-refractivity contribution < 1.29 is 9.59 Å². The molecule has 14 heavy (non-hydrogen) atoms. The van der Waals surface area contributed by atoms with E-state index in [2.05, 4.69) is 10.6 Å². The third-order valence-electron chi connectivity index (χ3n) is 1.50. The molecular weight excluding hydrogens is 184 g/mol. The highest BCUT2D eigenvalue weighted by Gasteiger charge is 2.08. The predicted molar refractivity (Wildman–Crippen MR) is 52.4 cm³/mol. The van der Waals surface area contributed by atoms with Gasteiger partial charge in [0, 0.05) is 13.5 Å². The van der Waals surface area contributed by atoms with Crippen LogP contribution in [-0.4, -0.2) is 30.7 Å². The Labute approximate surface area is 82.7 Å². The molecule has 0 aliphatic rings. The van der Waals surface area contributed by atoms with Crippen LogP contribution in [0.3, 0.4) is 0 Å². The van der Waals surface area contributed by atoms with Crippen LogP contribution in [0.1, 0.15) is 19.8 Å². The second kappa shape index (κ2) is 6.88. The number of hydrogen-bond donors (Lipinski definition) is 4. The number of rotatable bonds is 6. The third-order valence-corrected chi connectivity index (χ3v) is 1.50. The largest absolute Gasteiger partial charge is 0.370 e. The first-order chi connectivity index (χ1) is 6.56. The highest BCUT2D eigenvalue weighted by Crippen LogP contribution is 1.93. The summed E-state index contributed by atoms with van der Waals surface area (Å²) in [5.41, 5.74) is 5.05. The van der Waals surface area contributed by atoms with Crippen molar-refractivity contribution in [3.8, 4) is 0 Å². The number of nitrogens with two attached hydrogens (primary N) is 1. The van der Waals surface area contributed by atoms with E-state index in [1.54, 1.807) is 6.29 Å². The van der Waals surface area contributed by atoms with Crippen LogP contribution in [0.25, 0.3) is 0 Å². The van der Waals surface area contributed by atoms with E-state index in [9.17, 15) is 9.59 Å². The molecule has 0 aromatic carbocycles. The van der Waals surface area contributed by atoms with Crippen molar-refractivity contribution >= 4 is 18.2 Å². The number of carbonyl (C=O) groups is 1. The van der Waals surface area contributed by atoms with E-state index in [-0.39, 0.29) is 11.9 Å². The normalized spacial score (nSPS) is 11.5. The van der Waals surface area contributed by atoms with Crippen LogP contribution >= 0.6 is 0 Å². The Morgan fingerprint density at radius 1 is 1.64 bits per heavy atom. The van der Waals surface area contributed by atoms with Crippen molar-refractivity contribution in [3.63, 3.8) is 0 Å². The summed E-state index contributed by atoms with van der Waals surface area (Å²) in [7, 11) is 0. The topological polar surface area (TPSA) is 108 Å². The second-order valence-corrected chi connectivity index (χ2v) is 2.85. The molecular formula is C8H15N4O2. The van der Waals surface area contributed by atoms with Crippen molar-refractivity contribution in [2.75, 3.05) is 6.54 Å². The van der Waals surface area contributed by atoms with Crippen molar-refractivity contribution in [3.05, 3.63) is 0 Å². The molecule has 6 heteroatoms. The van der Waals surface area contributed by atoms with Crippen LogP contribution in [0.5, 0.6) is 0 Å². The molecule has 0 aromatic rings. The van der Waals surface area contributed by atoms with Gasteiger partial charge in [0.1, 0.15) is 0 Å². The Balaban J connectivity index is 3.57. The van der Waals surface area contributed by atoms with E-state index in [0.717, 1.165) is 0 Å². The van der Waals surface area contributed by atoms with E-state index < -0.39 is 6.04 Å². The fourth-order valence-corrected chi connectivity index (χ4v) is 0.935. The van der Waals surface area contributed by atoms with Gasteiger partial charge in [0.2, 0.25) is 12.2 Å². The van der Waals surface area contributed by atoms with Gasteiger partial charge in [-0.05, 0) is 12.8 Å². The van der Waals surface area contributed by atoms with Gasteiger partial charge in [-0.2, -0.15) is 0 Å². The summed E-state index contributed by atoms with van der Waals surface area (Å²) >= 11 is 0. The van der Waals surface area contributed by atoms with Crippen LogP contribution in [0.2, 0.25) is 0 Å². The Bertz CT molecular complexity index is 217. The van der Waals surface area contributed by atoms with Gasteiger partial charge < -0.3 is 16.4 Å². The lowest BCUT2D eigenvalue weighted by Crippen LogP contribution is -2.36. The summed E-state index contributed by atoms with van der Waals surface area (Å²) in [5, 5.41) is 11.9.